The molecule has 0 spiro atoms. The fourth-order valence-corrected chi connectivity index (χ4v) is 2.85. The zero-order chi connectivity index (χ0) is 16.8. The number of carbonyl (C=O) groups is 1. The minimum atomic E-state index is -0.710. The molecule has 1 heterocycles. The molecule has 2 rings (SSSR count). The van der Waals surface area contributed by atoms with Gasteiger partial charge in [0, 0.05) is 23.7 Å². The van der Waals surface area contributed by atoms with E-state index in [4.69, 9.17) is 0 Å². The summed E-state index contributed by atoms with van der Waals surface area (Å²) in [6.45, 7) is 6.75. The number of nitrogens with zero attached hydrogens (tertiary/aromatic N) is 1. The quantitative estimate of drug-likeness (QED) is 0.663. The maximum absolute atomic E-state index is 11.3. The van der Waals surface area contributed by atoms with Crippen LogP contribution in [0.1, 0.15) is 39.3 Å². The van der Waals surface area contributed by atoms with Crippen molar-refractivity contribution in [1.82, 2.24) is 15.5 Å². The monoisotopic (exact) mass is 317 g/mol. The Kier molecular flexibility index (Phi) is 6.16. The van der Waals surface area contributed by atoms with Gasteiger partial charge in [-0.2, -0.15) is 5.10 Å². The second-order valence-electron chi connectivity index (χ2n) is 6.73. The number of aryl methyl sites for hydroxylation is 1. The highest BCUT2D eigenvalue weighted by atomic mass is 16.4. The second kappa shape index (κ2) is 8.11. The van der Waals surface area contributed by atoms with E-state index in [0.717, 1.165) is 24.1 Å². The first-order valence-electron chi connectivity index (χ1n) is 8.35. The average Bonchev–Trinajstić information content (AvgIpc) is 2.92. The summed E-state index contributed by atoms with van der Waals surface area (Å²) in [7, 11) is 0. The van der Waals surface area contributed by atoms with Gasteiger partial charge in [0.25, 0.3) is 0 Å². The number of hydrogen-bond acceptors (Lipinski definition) is 3. The van der Waals surface area contributed by atoms with Crippen LogP contribution in [0.25, 0.3) is 10.9 Å². The van der Waals surface area contributed by atoms with Crippen molar-refractivity contribution >= 4 is 16.9 Å². The molecular formula is C18H27N3O2. The number of para-hydroxylation sites is 1. The fourth-order valence-electron chi connectivity index (χ4n) is 2.85. The van der Waals surface area contributed by atoms with Crippen molar-refractivity contribution in [2.75, 3.05) is 6.54 Å². The lowest BCUT2D eigenvalue weighted by molar-refractivity contribution is -0.142. The van der Waals surface area contributed by atoms with Gasteiger partial charge in [-0.3, -0.25) is 9.89 Å². The van der Waals surface area contributed by atoms with Crippen molar-refractivity contribution < 1.29 is 9.90 Å². The predicted octanol–water partition coefficient (Wildman–Crippen LogP) is 3.22. The highest BCUT2D eigenvalue weighted by molar-refractivity contribution is 5.81. The van der Waals surface area contributed by atoms with Crippen LogP contribution in [-0.2, 0) is 11.2 Å². The van der Waals surface area contributed by atoms with Crippen LogP contribution in [0.2, 0.25) is 0 Å². The number of hydrogen-bond donors (Lipinski definition) is 3. The standard InChI is InChI=1S/C18H27N3O2/c1-12(2)10-14(18(22)23)11-19-13(3)8-9-17-15-6-4-5-7-16(15)20-21-17/h4-7,12-14,19H,8-11H2,1-3H3,(H,20,21)(H,22,23). The van der Waals surface area contributed by atoms with E-state index in [1.165, 1.54) is 5.39 Å². The minimum Gasteiger partial charge on any atom is -0.481 e. The smallest absolute Gasteiger partial charge is 0.307 e. The molecule has 0 bridgehead atoms. The van der Waals surface area contributed by atoms with E-state index in [1.807, 2.05) is 18.2 Å². The van der Waals surface area contributed by atoms with E-state index in [0.29, 0.717) is 18.9 Å². The Morgan fingerprint density at radius 2 is 2.04 bits per heavy atom. The molecule has 0 saturated carbocycles. The van der Waals surface area contributed by atoms with Crippen LogP contribution in [0, 0.1) is 11.8 Å². The molecule has 2 atom stereocenters. The van der Waals surface area contributed by atoms with E-state index in [2.05, 4.69) is 42.4 Å². The minimum absolute atomic E-state index is 0.270. The topological polar surface area (TPSA) is 78.0 Å². The van der Waals surface area contributed by atoms with Gasteiger partial charge < -0.3 is 10.4 Å². The molecule has 0 fully saturated rings. The number of nitrogens with one attached hydrogen (secondary N) is 2. The zero-order valence-corrected chi connectivity index (χ0v) is 14.2. The summed E-state index contributed by atoms with van der Waals surface area (Å²) in [5, 5.41) is 21.2. The number of benzene rings is 1. The Morgan fingerprint density at radius 1 is 1.30 bits per heavy atom. The van der Waals surface area contributed by atoms with E-state index < -0.39 is 5.97 Å². The van der Waals surface area contributed by atoms with E-state index >= 15 is 0 Å². The Hall–Kier alpha value is -1.88. The summed E-state index contributed by atoms with van der Waals surface area (Å²) in [4.78, 5) is 11.3. The van der Waals surface area contributed by atoms with Gasteiger partial charge in [0.15, 0.2) is 0 Å². The molecule has 5 nitrogen and oxygen atoms in total. The van der Waals surface area contributed by atoms with E-state index in [1.54, 1.807) is 0 Å². The maximum atomic E-state index is 11.3. The van der Waals surface area contributed by atoms with Crippen molar-refractivity contribution in [2.45, 2.75) is 46.1 Å². The number of aromatic amines is 1. The lowest BCUT2D eigenvalue weighted by atomic mass is 9.96. The van der Waals surface area contributed by atoms with Gasteiger partial charge in [0.05, 0.1) is 11.4 Å². The normalized spacial score (nSPS) is 14.3. The molecule has 3 N–H and O–H groups in total. The molecule has 0 amide bonds. The van der Waals surface area contributed by atoms with Gasteiger partial charge in [-0.25, -0.2) is 0 Å². The molecule has 0 saturated heterocycles. The first kappa shape index (κ1) is 17.5. The first-order chi connectivity index (χ1) is 11.0. The van der Waals surface area contributed by atoms with Crippen molar-refractivity contribution in [1.29, 1.82) is 0 Å². The van der Waals surface area contributed by atoms with Gasteiger partial charge in [0.1, 0.15) is 0 Å². The number of aromatic nitrogens is 2. The summed E-state index contributed by atoms with van der Waals surface area (Å²) in [6, 6.07) is 8.35. The summed E-state index contributed by atoms with van der Waals surface area (Å²) < 4.78 is 0. The molecule has 5 heteroatoms. The van der Waals surface area contributed by atoms with Gasteiger partial charge in [-0.05, 0) is 38.2 Å². The molecule has 2 unspecified atom stereocenters. The van der Waals surface area contributed by atoms with E-state index in [-0.39, 0.29) is 12.0 Å². The Labute approximate surface area is 137 Å². The molecule has 0 aliphatic heterocycles. The molecule has 2 aromatic rings. The number of rotatable bonds is 9. The van der Waals surface area contributed by atoms with Gasteiger partial charge >= 0.3 is 5.97 Å². The Bertz CT molecular complexity index is 636. The van der Waals surface area contributed by atoms with Crippen molar-refractivity contribution in [2.24, 2.45) is 11.8 Å². The molecule has 1 aromatic carbocycles. The van der Waals surface area contributed by atoms with Crippen LogP contribution < -0.4 is 5.32 Å². The molecule has 0 aliphatic carbocycles. The van der Waals surface area contributed by atoms with Crippen LogP contribution in [-0.4, -0.2) is 33.9 Å². The summed E-state index contributed by atoms with van der Waals surface area (Å²) in [5.74, 6) is -0.632. The second-order valence-corrected chi connectivity index (χ2v) is 6.73. The molecule has 0 aliphatic rings. The molecule has 23 heavy (non-hydrogen) atoms. The third-order valence-corrected chi connectivity index (χ3v) is 4.19. The molecule has 1 aromatic heterocycles. The van der Waals surface area contributed by atoms with Crippen LogP contribution >= 0.6 is 0 Å². The third kappa shape index (κ3) is 5.06. The fraction of sp³-hybridized carbons (Fsp3) is 0.556. The SMILES string of the molecule is CC(C)CC(CNC(C)CCc1[nH]nc2ccccc12)C(=O)O. The van der Waals surface area contributed by atoms with Crippen LogP contribution in [0.4, 0.5) is 0 Å². The van der Waals surface area contributed by atoms with E-state index in [9.17, 15) is 9.90 Å². The summed E-state index contributed by atoms with van der Waals surface area (Å²) in [6.07, 6.45) is 2.55. The number of H-pyrrole nitrogens is 1. The number of fused-ring (bicyclic) bond motifs is 1. The molecular weight excluding hydrogens is 290 g/mol. The number of aliphatic carboxylic acids is 1. The lowest BCUT2D eigenvalue weighted by Gasteiger charge is -2.19. The van der Waals surface area contributed by atoms with Crippen LogP contribution in [0.5, 0.6) is 0 Å². The molecule has 126 valence electrons. The highest BCUT2D eigenvalue weighted by Gasteiger charge is 2.19. The highest BCUT2D eigenvalue weighted by Crippen LogP contribution is 2.17. The average molecular weight is 317 g/mol. The van der Waals surface area contributed by atoms with Crippen LogP contribution in [0.3, 0.4) is 0 Å². The van der Waals surface area contributed by atoms with Gasteiger partial charge in [-0.1, -0.05) is 32.0 Å². The Morgan fingerprint density at radius 3 is 2.74 bits per heavy atom. The third-order valence-electron chi connectivity index (χ3n) is 4.19. The van der Waals surface area contributed by atoms with Crippen LogP contribution in [0.15, 0.2) is 24.3 Å². The van der Waals surface area contributed by atoms with Gasteiger partial charge in [0.2, 0.25) is 0 Å². The predicted molar refractivity (Wildman–Crippen MR) is 92.5 cm³/mol. The van der Waals surface area contributed by atoms with Gasteiger partial charge in [-0.15, -0.1) is 0 Å². The largest absolute Gasteiger partial charge is 0.481 e. The summed E-state index contributed by atoms with van der Waals surface area (Å²) in [5.41, 5.74) is 2.14. The first-order valence-corrected chi connectivity index (χ1v) is 8.35. The number of carboxylic acids is 1. The number of carboxylic acid groups (broad SMARTS) is 1. The zero-order valence-electron chi connectivity index (χ0n) is 14.2. The Balaban J connectivity index is 1.82. The molecule has 0 radical (unpaired) electrons. The summed E-state index contributed by atoms with van der Waals surface area (Å²) >= 11 is 0. The van der Waals surface area contributed by atoms with Crippen molar-refractivity contribution in [3.63, 3.8) is 0 Å². The lowest BCUT2D eigenvalue weighted by Crippen LogP contribution is -2.35. The van der Waals surface area contributed by atoms with Crippen molar-refractivity contribution in [3.8, 4) is 0 Å². The van der Waals surface area contributed by atoms with Crippen molar-refractivity contribution in [3.05, 3.63) is 30.0 Å². The maximum Gasteiger partial charge on any atom is 0.307 e.